The molecule has 1 aliphatic rings. The summed E-state index contributed by atoms with van der Waals surface area (Å²) in [5, 5.41) is 4.64. The van der Waals surface area contributed by atoms with E-state index in [1.54, 1.807) is 11.0 Å². The van der Waals surface area contributed by atoms with Crippen molar-refractivity contribution >= 4 is 17.7 Å². The fraction of sp³-hybridized carbons (Fsp3) is 0.444. The summed E-state index contributed by atoms with van der Waals surface area (Å²) in [6.45, 7) is 5.84. The Labute approximate surface area is 152 Å². The van der Waals surface area contributed by atoms with Crippen molar-refractivity contribution < 1.29 is 14.1 Å². The number of ether oxygens (including phenoxy) is 1. The second-order valence-corrected chi connectivity index (χ2v) is 6.60. The average molecular weight is 364 g/mol. The number of carbonyl (C=O) groups excluding carboxylic acids is 1. The van der Waals surface area contributed by atoms with Gasteiger partial charge in [0.1, 0.15) is 12.4 Å². The first-order valence-corrected chi connectivity index (χ1v) is 8.79. The van der Waals surface area contributed by atoms with Crippen LogP contribution in [-0.4, -0.2) is 47.2 Å². The zero-order valence-corrected chi connectivity index (χ0v) is 15.0. The lowest BCUT2D eigenvalue weighted by Gasteiger charge is -2.21. The number of halogens is 1. The van der Waals surface area contributed by atoms with Crippen LogP contribution in [0.1, 0.15) is 23.4 Å². The second kappa shape index (κ2) is 8.36. The summed E-state index contributed by atoms with van der Waals surface area (Å²) in [5.74, 6) is 0.814. The highest BCUT2D eigenvalue weighted by atomic mass is 35.5. The van der Waals surface area contributed by atoms with Crippen molar-refractivity contribution in [3.8, 4) is 0 Å². The van der Waals surface area contributed by atoms with Crippen molar-refractivity contribution in [2.24, 2.45) is 0 Å². The van der Waals surface area contributed by atoms with Crippen molar-refractivity contribution in [1.29, 1.82) is 0 Å². The third-order valence-corrected chi connectivity index (χ3v) is 4.59. The number of carbonyl (C=O) groups is 1. The Bertz CT molecular complexity index is 719. The fourth-order valence-corrected chi connectivity index (χ4v) is 3.07. The molecule has 7 heteroatoms. The minimum absolute atomic E-state index is 0.191. The highest BCUT2D eigenvalue weighted by Gasteiger charge is 2.21. The third kappa shape index (κ3) is 4.96. The van der Waals surface area contributed by atoms with Crippen LogP contribution >= 0.6 is 11.6 Å². The van der Waals surface area contributed by atoms with Gasteiger partial charge in [-0.1, -0.05) is 35.0 Å². The minimum Gasteiger partial charge on any atom is -0.444 e. The number of amides is 1. The Hall–Kier alpha value is -2.05. The lowest BCUT2D eigenvalue weighted by atomic mass is 10.2. The van der Waals surface area contributed by atoms with Gasteiger partial charge in [-0.2, -0.15) is 0 Å². The molecule has 0 saturated carbocycles. The number of benzene rings is 1. The van der Waals surface area contributed by atoms with Crippen LogP contribution in [0.5, 0.6) is 0 Å². The molecule has 1 aromatic carbocycles. The minimum atomic E-state index is -0.293. The summed E-state index contributed by atoms with van der Waals surface area (Å²) in [5.41, 5.74) is 1.74. The largest absolute Gasteiger partial charge is 0.444 e. The van der Waals surface area contributed by atoms with E-state index in [1.807, 2.05) is 31.2 Å². The summed E-state index contributed by atoms with van der Waals surface area (Å²) >= 11 is 6.09. The molecule has 3 rings (SSSR count). The van der Waals surface area contributed by atoms with Crippen molar-refractivity contribution in [2.75, 3.05) is 26.2 Å². The van der Waals surface area contributed by atoms with Crippen molar-refractivity contribution in [1.82, 2.24) is 15.0 Å². The molecule has 0 bridgehead atoms. The molecule has 25 heavy (non-hydrogen) atoms. The van der Waals surface area contributed by atoms with Crippen LogP contribution in [0.3, 0.4) is 0 Å². The lowest BCUT2D eigenvalue weighted by molar-refractivity contribution is 0.0972. The zero-order chi connectivity index (χ0) is 17.6. The summed E-state index contributed by atoms with van der Waals surface area (Å²) in [6, 6.07) is 9.33. The molecule has 1 fully saturated rings. The summed E-state index contributed by atoms with van der Waals surface area (Å²) in [6.07, 6.45) is 0.608. The molecule has 1 amide bonds. The fourth-order valence-electron chi connectivity index (χ4n) is 2.88. The maximum absolute atomic E-state index is 12.3. The van der Waals surface area contributed by atoms with E-state index < -0.39 is 0 Å². The molecule has 0 radical (unpaired) electrons. The van der Waals surface area contributed by atoms with Gasteiger partial charge < -0.3 is 14.2 Å². The van der Waals surface area contributed by atoms with E-state index in [2.05, 4.69) is 10.1 Å². The van der Waals surface area contributed by atoms with E-state index in [0.717, 1.165) is 43.1 Å². The zero-order valence-electron chi connectivity index (χ0n) is 14.3. The Balaban J connectivity index is 1.48. The lowest BCUT2D eigenvalue weighted by Crippen LogP contribution is -2.35. The molecule has 2 heterocycles. The Morgan fingerprint density at radius 3 is 2.88 bits per heavy atom. The van der Waals surface area contributed by atoms with Gasteiger partial charge in [0.05, 0.1) is 5.69 Å². The monoisotopic (exact) mass is 363 g/mol. The highest BCUT2D eigenvalue weighted by molar-refractivity contribution is 6.31. The van der Waals surface area contributed by atoms with Gasteiger partial charge in [-0.15, -0.1) is 0 Å². The van der Waals surface area contributed by atoms with Crippen LogP contribution in [0.2, 0.25) is 5.02 Å². The molecular formula is C18H22ClN3O3. The van der Waals surface area contributed by atoms with Gasteiger partial charge in [-0.05, 0) is 19.4 Å². The molecule has 0 aliphatic carbocycles. The van der Waals surface area contributed by atoms with Gasteiger partial charge in [0, 0.05) is 49.4 Å². The average Bonchev–Trinajstić information content (AvgIpc) is 2.87. The second-order valence-electron chi connectivity index (χ2n) is 6.19. The van der Waals surface area contributed by atoms with E-state index >= 15 is 0 Å². The first kappa shape index (κ1) is 17.8. The number of nitrogens with zero attached hydrogens (tertiary/aromatic N) is 3. The number of hydrogen-bond donors (Lipinski definition) is 0. The highest BCUT2D eigenvalue weighted by Crippen LogP contribution is 2.16. The standard InChI is InChI=1S/C18H22ClN3O3/c1-14-11-16(20-25-14)12-21-7-4-8-22(10-9-21)18(23)24-13-15-5-2-3-6-17(15)19/h2-3,5-6,11H,4,7-10,12-13H2,1H3. The van der Waals surface area contributed by atoms with Crippen LogP contribution in [-0.2, 0) is 17.9 Å². The van der Waals surface area contributed by atoms with Gasteiger partial charge >= 0.3 is 6.09 Å². The Morgan fingerprint density at radius 2 is 2.12 bits per heavy atom. The smallest absolute Gasteiger partial charge is 0.410 e. The van der Waals surface area contributed by atoms with E-state index in [0.29, 0.717) is 18.1 Å². The van der Waals surface area contributed by atoms with Crippen LogP contribution in [0.15, 0.2) is 34.9 Å². The van der Waals surface area contributed by atoms with Gasteiger partial charge in [0.25, 0.3) is 0 Å². The molecule has 0 unspecified atom stereocenters. The molecule has 1 aromatic heterocycles. The maximum Gasteiger partial charge on any atom is 0.410 e. The van der Waals surface area contributed by atoms with Crippen LogP contribution in [0.25, 0.3) is 0 Å². The number of rotatable bonds is 4. The molecule has 2 aromatic rings. The maximum atomic E-state index is 12.3. The predicted molar refractivity (Wildman–Crippen MR) is 94.3 cm³/mol. The van der Waals surface area contributed by atoms with E-state index in [4.69, 9.17) is 20.9 Å². The van der Waals surface area contributed by atoms with Gasteiger partial charge in [-0.3, -0.25) is 4.90 Å². The SMILES string of the molecule is Cc1cc(CN2CCCN(C(=O)OCc3ccccc3Cl)CC2)no1. The Morgan fingerprint density at radius 1 is 1.28 bits per heavy atom. The first-order chi connectivity index (χ1) is 12.1. The third-order valence-electron chi connectivity index (χ3n) is 4.22. The molecule has 134 valence electrons. The number of aryl methyl sites for hydroxylation is 1. The summed E-state index contributed by atoms with van der Waals surface area (Å²) in [7, 11) is 0. The van der Waals surface area contributed by atoms with Crippen molar-refractivity contribution in [3.63, 3.8) is 0 Å². The van der Waals surface area contributed by atoms with Crippen LogP contribution in [0, 0.1) is 6.92 Å². The van der Waals surface area contributed by atoms with E-state index in [-0.39, 0.29) is 12.7 Å². The van der Waals surface area contributed by atoms with Gasteiger partial charge in [0.2, 0.25) is 0 Å². The normalized spacial score (nSPS) is 15.8. The van der Waals surface area contributed by atoms with Crippen molar-refractivity contribution in [3.05, 3.63) is 52.4 Å². The molecule has 0 spiro atoms. The molecule has 1 saturated heterocycles. The molecular weight excluding hydrogens is 342 g/mol. The van der Waals surface area contributed by atoms with Crippen LogP contribution in [0.4, 0.5) is 4.79 Å². The predicted octanol–water partition coefficient (Wildman–Crippen LogP) is 3.48. The summed E-state index contributed by atoms with van der Waals surface area (Å²) in [4.78, 5) is 16.3. The van der Waals surface area contributed by atoms with Crippen LogP contribution < -0.4 is 0 Å². The molecule has 0 atom stereocenters. The van der Waals surface area contributed by atoms with Crippen molar-refractivity contribution in [2.45, 2.75) is 26.5 Å². The number of aromatic nitrogens is 1. The topological polar surface area (TPSA) is 58.8 Å². The molecule has 1 aliphatic heterocycles. The van der Waals surface area contributed by atoms with E-state index in [9.17, 15) is 4.79 Å². The van der Waals surface area contributed by atoms with Gasteiger partial charge in [-0.25, -0.2) is 4.79 Å². The molecule has 6 nitrogen and oxygen atoms in total. The quantitative estimate of drug-likeness (QED) is 0.832. The number of hydrogen-bond acceptors (Lipinski definition) is 5. The Kier molecular flexibility index (Phi) is 5.94. The summed E-state index contributed by atoms with van der Waals surface area (Å²) < 4.78 is 10.5. The van der Waals surface area contributed by atoms with E-state index in [1.165, 1.54) is 0 Å². The molecule has 0 N–H and O–H groups in total. The van der Waals surface area contributed by atoms with Gasteiger partial charge in [0.15, 0.2) is 0 Å². The first-order valence-electron chi connectivity index (χ1n) is 8.41.